The van der Waals surface area contributed by atoms with Gasteiger partial charge in [-0.2, -0.15) is 5.10 Å². The standard InChI is InChI=1S/C17H13BrN4O5S/c1-28(26,27)14-8-11(7-13(10-14)22(24)25)17(23)20-15-9-12(18)3-4-16(15)21-6-2-5-19-21/h2-10H,1H3,(H,20,23). The Labute approximate surface area is 168 Å². The minimum atomic E-state index is -3.74. The number of hydrogen-bond acceptors (Lipinski definition) is 6. The molecule has 144 valence electrons. The lowest BCUT2D eigenvalue weighted by molar-refractivity contribution is -0.385. The molecular formula is C17H13BrN4O5S. The second kappa shape index (κ2) is 7.52. The van der Waals surface area contributed by atoms with E-state index in [-0.39, 0.29) is 10.5 Å². The molecular weight excluding hydrogens is 452 g/mol. The lowest BCUT2D eigenvalue weighted by atomic mass is 10.1. The van der Waals surface area contributed by atoms with E-state index in [2.05, 4.69) is 26.3 Å². The molecule has 3 aromatic rings. The van der Waals surface area contributed by atoms with E-state index in [4.69, 9.17) is 0 Å². The van der Waals surface area contributed by atoms with Crippen LogP contribution in [0.25, 0.3) is 5.69 Å². The minimum absolute atomic E-state index is 0.152. The van der Waals surface area contributed by atoms with Gasteiger partial charge >= 0.3 is 0 Å². The fraction of sp³-hybridized carbons (Fsp3) is 0.0588. The normalized spacial score (nSPS) is 11.2. The molecule has 28 heavy (non-hydrogen) atoms. The van der Waals surface area contributed by atoms with E-state index < -0.39 is 26.4 Å². The van der Waals surface area contributed by atoms with Crippen LogP contribution >= 0.6 is 15.9 Å². The van der Waals surface area contributed by atoms with E-state index in [9.17, 15) is 23.3 Å². The highest BCUT2D eigenvalue weighted by atomic mass is 79.9. The van der Waals surface area contributed by atoms with Crippen LogP contribution in [0.4, 0.5) is 11.4 Å². The van der Waals surface area contributed by atoms with E-state index in [0.717, 1.165) is 24.5 Å². The number of rotatable bonds is 5. The van der Waals surface area contributed by atoms with E-state index in [0.29, 0.717) is 15.8 Å². The molecule has 1 amide bonds. The largest absolute Gasteiger partial charge is 0.320 e. The van der Waals surface area contributed by atoms with Crippen LogP contribution in [-0.4, -0.2) is 35.3 Å². The molecule has 1 aromatic heterocycles. The van der Waals surface area contributed by atoms with Gasteiger partial charge in [-0.05, 0) is 30.3 Å². The summed E-state index contributed by atoms with van der Waals surface area (Å²) >= 11 is 3.32. The van der Waals surface area contributed by atoms with Crippen LogP contribution in [-0.2, 0) is 9.84 Å². The Morgan fingerprint density at radius 1 is 1.25 bits per heavy atom. The number of nitro groups is 1. The number of aromatic nitrogens is 2. The Kier molecular flexibility index (Phi) is 5.29. The molecule has 1 heterocycles. The minimum Gasteiger partial charge on any atom is -0.320 e. The fourth-order valence-corrected chi connectivity index (χ4v) is 3.48. The van der Waals surface area contributed by atoms with Crippen LogP contribution in [0, 0.1) is 10.1 Å². The van der Waals surface area contributed by atoms with Crippen molar-refractivity contribution in [1.29, 1.82) is 0 Å². The Morgan fingerprint density at radius 3 is 2.61 bits per heavy atom. The lowest BCUT2D eigenvalue weighted by Crippen LogP contribution is -2.15. The zero-order valence-electron chi connectivity index (χ0n) is 14.4. The van der Waals surface area contributed by atoms with Gasteiger partial charge in [0.05, 0.1) is 21.2 Å². The number of sulfone groups is 1. The van der Waals surface area contributed by atoms with Crippen molar-refractivity contribution in [2.75, 3.05) is 11.6 Å². The maximum absolute atomic E-state index is 12.7. The van der Waals surface area contributed by atoms with Gasteiger partial charge in [0.2, 0.25) is 0 Å². The molecule has 0 saturated carbocycles. The smallest absolute Gasteiger partial charge is 0.271 e. The Morgan fingerprint density at radius 2 is 2.00 bits per heavy atom. The van der Waals surface area contributed by atoms with E-state index in [1.165, 1.54) is 4.68 Å². The predicted octanol–water partition coefficient (Wildman–Crippen LogP) is 3.20. The second-order valence-corrected chi connectivity index (χ2v) is 8.74. The number of halogens is 1. The summed E-state index contributed by atoms with van der Waals surface area (Å²) in [7, 11) is -3.74. The lowest BCUT2D eigenvalue weighted by Gasteiger charge is -2.12. The monoisotopic (exact) mass is 464 g/mol. The molecule has 0 spiro atoms. The van der Waals surface area contributed by atoms with E-state index in [1.807, 2.05) is 0 Å². The van der Waals surface area contributed by atoms with Crippen LogP contribution < -0.4 is 5.32 Å². The third kappa shape index (κ3) is 4.26. The quantitative estimate of drug-likeness (QED) is 0.456. The summed E-state index contributed by atoms with van der Waals surface area (Å²) in [5, 5.41) is 17.9. The summed E-state index contributed by atoms with van der Waals surface area (Å²) in [6, 6.07) is 9.89. The van der Waals surface area contributed by atoms with Crippen molar-refractivity contribution >= 4 is 43.0 Å². The van der Waals surface area contributed by atoms with Crippen molar-refractivity contribution < 1.29 is 18.1 Å². The average molecular weight is 465 g/mol. The Hall–Kier alpha value is -3.05. The van der Waals surface area contributed by atoms with E-state index >= 15 is 0 Å². The van der Waals surface area contributed by atoms with Gasteiger partial charge in [0.15, 0.2) is 9.84 Å². The number of carbonyl (C=O) groups is 1. The van der Waals surface area contributed by atoms with Crippen molar-refractivity contribution in [2.45, 2.75) is 4.90 Å². The first-order chi connectivity index (χ1) is 13.1. The number of nitro benzene ring substituents is 1. The van der Waals surface area contributed by atoms with Crippen molar-refractivity contribution in [2.24, 2.45) is 0 Å². The SMILES string of the molecule is CS(=O)(=O)c1cc(C(=O)Nc2cc(Br)ccc2-n2cccn2)cc([N+](=O)[O-])c1. The molecule has 0 bridgehead atoms. The number of amides is 1. The molecule has 0 radical (unpaired) electrons. The van der Waals surface area contributed by atoms with Gasteiger partial charge in [-0.1, -0.05) is 15.9 Å². The van der Waals surface area contributed by atoms with Crippen molar-refractivity contribution in [3.63, 3.8) is 0 Å². The molecule has 1 N–H and O–H groups in total. The fourth-order valence-electron chi connectivity index (χ4n) is 2.45. The highest BCUT2D eigenvalue weighted by Gasteiger charge is 2.20. The van der Waals surface area contributed by atoms with Gasteiger partial charge in [-0.15, -0.1) is 0 Å². The predicted molar refractivity (Wildman–Crippen MR) is 105 cm³/mol. The van der Waals surface area contributed by atoms with Crippen LogP contribution in [0.5, 0.6) is 0 Å². The first kappa shape index (κ1) is 19.7. The van der Waals surface area contributed by atoms with Gasteiger partial charge in [-0.3, -0.25) is 14.9 Å². The molecule has 0 aliphatic heterocycles. The van der Waals surface area contributed by atoms with Crippen LogP contribution in [0.2, 0.25) is 0 Å². The molecule has 0 unspecified atom stereocenters. The first-order valence-electron chi connectivity index (χ1n) is 7.75. The number of hydrogen-bond donors (Lipinski definition) is 1. The Balaban J connectivity index is 2.04. The number of benzene rings is 2. The summed E-state index contributed by atoms with van der Waals surface area (Å²) in [6.45, 7) is 0. The molecule has 11 heteroatoms. The topological polar surface area (TPSA) is 124 Å². The Bertz CT molecular complexity index is 1180. The molecule has 0 saturated heterocycles. The zero-order chi connectivity index (χ0) is 20.5. The van der Waals surface area contributed by atoms with Gasteiger partial charge in [0, 0.05) is 40.8 Å². The maximum Gasteiger partial charge on any atom is 0.271 e. The zero-order valence-corrected chi connectivity index (χ0v) is 16.8. The number of nitrogens with zero attached hydrogens (tertiary/aromatic N) is 3. The molecule has 9 nitrogen and oxygen atoms in total. The molecule has 2 aromatic carbocycles. The van der Waals surface area contributed by atoms with Crippen LogP contribution in [0.15, 0.2) is 64.2 Å². The number of non-ortho nitro benzene ring substituents is 1. The highest BCUT2D eigenvalue weighted by Crippen LogP contribution is 2.26. The van der Waals surface area contributed by atoms with E-state index in [1.54, 1.807) is 36.7 Å². The molecule has 0 aliphatic carbocycles. The molecule has 0 aliphatic rings. The molecule has 0 fully saturated rings. The third-order valence-corrected chi connectivity index (χ3v) is 5.34. The summed E-state index contributed by atoms with van der Waals surface area (Å²) in [5.74, 6) is -0.694. The summed E-state index contributed by atoms with van der Waals surface area (Å²) in [6.07, 6.45) is 4.18. The average Bonchev–Trinajstić information content (AvgIpc) is 3.15. The van der Waals surface area contributed by atoms with Crippen LogP contribution in [0.1, 0.15) is 10.4 Å². The van der Waals surface area contributed by atoms with Crippen molar-refractivity contribution in [3.05, 3.63) is 75.0 Å². The summed E-state index contributed by atoms with van der Waals surface area (Å²) in [4.78, 5) is 22.8. The number of nitrogens with one attached hydrogen (secondary N) is 1. The van der Waals surface area contributed by atoms with Gasteiger partial charge < -0.3 is 5.32 Å². The first-order valence-corrected chi connectivity index (χ1v) is 10.4. The van der Waals surface area contributed by atoms with Gasteiger partial charge in [0.25, 0.3) is 11.6 Å². The van der Waals surface area contributed by atoms with Crippen LogP contribution in [0.3, 0.4) is 0 Å². The van der Waals surface area contributed by atoms with Gasteiger partial charge in [-0.25, -0.2) is 13.1 Å². The summed E-state index contributed by atoms with van der Waals surface area (Å²) < 4.78 is 25.9. The van der Waals surface area contributed by atoms with Crippen molar-refractivity contribution in [3.8, 4) is 5.69 Å². The second-order valence-electron chi connectivity index (χ2n) is 5.81. The van der Waals surface area contributed by atoms with Gasteiger partial charge in [0.1, 0.15) is 0 Å². The highest BCUT2D eigenvalue weighted by molar-refractivity contribution is 9.10. The number of carbonyl (C=O) groups excluding carboxylic acids is 1. The molecule has 3 rings (SSSR count). The maximum atomic E-state index is 12.7. The number of anilines is 1. The summed E-state index contributed by atoms with van der Waals surface area (Å²) in [5.41, 5.74) is 0.307. The van der Waals surface area contributed by atoms with Crippen molar-refractivity contribution in [1.82, 2.24) is 9.78 Å². The third-order valence-electron chi connectivity index (χ3n) is 3.75. The molecule has 0 atom stereocenters.